The summed E-state index contributed by atoms with van der Waals surface area (Å²) in [7, 11) is -3.60. The number of fused-ring (bicyclic) bond motifs is 2. The van der Waals surface area contributed by atoms with Gasteiger partial charge < -0.3 is 0 Å². The largest absolute Gasteiger partial charge is 0.296 e. The van der Waals surface area contributed by atoms with E-state index in [0.29, 0.717) is 34.1 Å². The predicted molar refractivity (Wildman–Crippen MR) is 138 cm³/mol. The molecule has 0 aliphatic rings. The minimum absolute atomic E-state index is 0.255. The Labute approximate surface area is 203 Å². The van der Waals surface area contributed by atoms with Crippen LogP contribution >= 0.6 is 11.3 Å². The second kappa shape index (κ2) is 10.6. The van der Waals surface area contributed by atoms with Crippen molar-refractivity contribution in [3.8, 4) is 0 Å². The molecule has 0 atom stereocenters. The number of nitrogens with zero attached hydrogens (tertiary/aromatic N) is 3. The van der Waals surface area contributed by atoms with Gasteiger partial charge in [-0.3, -0.25) is 10.1 Å². The van der Waals surface area contributed by atoms with E-state index >= 15 is 0 Å². The van der Waals surface area contributed by atoms with Gasteiger partial charge in [-0.2, -0.15) is 4.31 Å². The molecule has 0 unspecified atom stereocenters. The Kier molecular flexibility index (Phi) is 7.55. The number of carbonyl (C=O) groups is 1. The van der Waals surface area contributed by atoms with Crippen LogP contribution in [0.25, 0.3) is 21.1 Å². The minimum Gasteiger partial charge on any atom is -0.296 e. The zero-order valence-electron chi connectivity index (χ0n) is 19.3. The number of benzene rings is 2. The molecule has 0 aliphatic heterocycles. The molecule has 0 saturated carbocycles. The summed E-state index contributed by atoms with van der Waals surface area (Å²) in [6.07, 6.45) is 3.51. The summed E-state index contributed by atoms with van der Waals surface area (Å²) >= 11 is 1.25. The summed E-state index contributed by atoms with van der Waals surface area (Å²) in [5.41, 5.74) is 1.67. The van der Waals surface area contributed by atoms with Crippen LogP contribution in [0.1, 0.15) is 50.0 Å². The van der Waals surface area contributed by atoms with E-state index in [1.54, 1.807) is 28.6 Å². The van der Waals surface area contributed by atoms with Gasteiger partial charge in [0, 0.05) is 18.5 Å². The number of amides is 1. The Morgan fingerprint density at radius 3 is 2.41 bits per heavy atom. The maximum absolute atomic E-state index is 13.3. The molecule has 34 heavy (non-hydrogen) atoms. The zero-order chi connectivity index (χ0) is 24.1. The van der Waals surface area contributed by atoms with E-state index in [2.05, 4.69) is 29.1 Å². The first-order valence-corrected chi connectivity index (χ1v) is 13.8. The fraction of sp³-hybridized carbons (Fsp3) is 0.320. The summed E-state index contributed by atoms with van der Waals surface area (Å²) in [6, 6.07) is 16.1. The van der Waals surface area contributed by atoms with E-state index in [9.17, 15) is 13.2 Å². The van der Waals surface area contributed by atoms with Crippen LogP contribution in [0.5, 0.6) is 0 Å². The van der Waals surface area contributed by atoms with Crippen molar-refractivity contribution < 1.29 is 13.2 Å². The van der Waals surface area contributed by atoms with Gasteiger partial charge in [-0.1, -0.05) is 62.3 Å². The van der Waals surface area contributed by atoms with Crippen LogP contribution in [0, 0.1) is 0 Å². The first kappa shape index (κ1) is 24.3. The van der Waals surface area contributed by atoms with Gasteiger partial charge in [0.15, 0.2) is 5.13 Å². The van der Waals surface area contributed by atoms with E-state index < -0.39 is 10.0 Å². The normalized spacial score (nSPS) is 12.0. The summed E-state index contributed by atoms with van der Waals surface area (Å²) in [6.45, 7) is 5.13. The van der Waals surface area contributed by atoms with Crippen LogP contribution in [0.15, 0.2) is 59.5 Å². The third-order valence-electron chi connectivity index (χ3n) is 5.57. The van der Waals surface area contributed by atoms with Crippen LogP contribution in [-0.4, -0.2) is 41.7 Å². The summed E-state index contributed by atoms with van der Waals surface area (Å²) in [5, 5.41) is 4.15. The lowest BCUT2D eigenvalue weighted by atomic mass is 10.2. The summed E-state index contributed by atoms with van der Waals surface area (Å²) < 4.78 is 28.9. The third-order valence-corrected chi connectivity index (χ3v) is 8.40. The highest BCUT2D eigenvalue weighted by atomic mass is 32.2. The van der Waals surface area contributed by atoms with Crippen LogP contribution in [0.3, 0.4) is 0 Å². The molecule has 1 amide bonds. The van der Waals surface area contributed by atoms with Crippen molar-refractivity contribution in [2.75, 3.05) is 18.4 Å². The lowest BCUT2D eigenvalue weighted by Gasteiger charge is -2.21. The van der Waals surface area contributed by atoms with Crippen LogP contribution in [0.4, 0.5) is 5.13 Å². The number of carbonyl (C=O) groups excluding carboxylic acids is 1. The third kappa shape index (κ3) is 5.27. The fourth-order valence-electron chi connectivity index (χ4n) is 3.64. The van der Waals surface area contributed by atoms with Crippen molar-refractivity contribution >= 4 is 53.5 Å². The summed E-state index contributed by atoms with van der Waals surface area (Å²) in [5.74, 6) is -0.358. The standard InChI is InChI=1S/C25H28N4O3S2/c1-3-5-15-29(16-6-4-2)34(31,32)19-12-14-21-23(17-19)33-25(27-21)28-24(30)22-13-11-18-9-7-8-10-20(18)26-22/h7-14,17H,3-6,15-16H2,1-2H3,(H,27,28,30). The second-order valence-corrected chi connectivity index (χ2v) is 11.1. The molecule has 0 fully saturated rings. The molecule has 0 saturated heterocycles. The highest BCUT2D eigenvalue weighted by molar-refractivity contribution is 7.89. The van der Waals surface area contributed by atoms with Crippen LogP contribution in [0.2, 0.25) is 0 Å². The predicted octanol–water partition coefficient (Wildman–Crippen LogP) is 5.69. The number of nitrogens with one attached hydrogen (secondary N) is 1. The maximum atomic E-state index is 13.3. The molecule has 9 heteroatoms. The number of hydrogen-bond acceptors (Lipinski definition) is 6. The molecule has 0 bridgehead atoms. The smallest absolute Gasteiger partial charge is 0.276 e. The Bertz CT molecular complexity index is 1410. The van der Waals surface area contributed by atoms with E-state index in [-0.39, 0.29) is 10.8 Å². The van der Waals surface area contributed by atoms with E-state index in [4.69, 9.17) is 0 Å². The second-order valence-electron chi connectivity index (χ2n) is 8.10. The highest BCUT2D eigenvalue weighted by Crippen LogP contribution is 2.30. The number of hydrogen-bond donors (Lipinski definition) is 1. The number of anilines is 1. The van der Waals surface area contributed by atoms with Gasteiger partial charge >= 0.3 is 0 Å². The Balaban J connectivity index is 1.56. The van der Waals surface area contributed by atoms with Crippen molar-refractivity contribution in [1.29, 1.82) is 0 Å². The summed E-state index contributed by atoms with van der Waals surface area (Å²) in [4.78, 5) is 21.9. The number of unbranched alkanes of at least 4 members (excludes halogenated alkanes) is 2. The molecule has 2 heterocycles. The minimum atomic E-state index is -3.60. The van der Waals surface area contributed by atoms with Gasteiger partial charge in [0.1, 0.15) is 5.69 Å². The number of rotatable bonds is 10. The average molecular weight is 497 g/mol. The Morgan fingerprint density at radius 1 is 0.941 bits per heavy atom. The molecule has 7 nitrogen and oxygen atoms in total. The number of thiazole rings is 1. The molecule has 178 valence electrons. The van der Waals surface area contributed by atoms with Crippen LogP contribution < -0.4 is 5.32 Å². The van der Waals surface area contributed by atoms with E-state index in [1.807, 2.05) is 30.3 Å². The fourth-order valence-corrected chi connectivity index (χ4v) is 6.16. The quantitative estimate of drug-likeness (QED) is 0.305. The van der Waals surface area contributed by atoms with Gasteiger partial charge in [0.25, 0.3) is 5.91 Å². The van der Waals surface area contributed by atoms with Crippen molar-refractivity contribution in [3.63, 3.8) is 0 Å². The molecule has 0 aliphatic carbocycles. The number of aromatic nitrogens is 2. The van der Waals surface area contributed by atoms with Crippen LogP contribution in [-0.2, 0) is 10.0 Å². The molecule has 0 radical (unpaired) electrons. The number of pyridine rings is 1. The van der Waals surface area contributed by atoms with Crippen molar-refractivity contribution in [1.82, 2.24) is 14.3 Å². The molecule has 0 spiro atoms. The molecule has 2 aromatic heterocycles. The Morgan fingerprint density at radius 2 is 1.68 bits per heavy atom. The molecule has 2 aromatic carbocycles. The van der Waals surface area contributed by atoms with E-state index in [0.717, 1.165) is 36.6 Å². The maximum Gasteiger partial charge on any atom is 0.276 e. The van der Waals surface area contributed by atoms with Gasteiger partial charge in [0.05, 0.1) is 20.6 Å². The Hall–Kier alpha value is -2.88. The molecule has 4 rings (SSSR count). The molecule has 1 N–H and O–H groups in total. The van der Waals surface area contributed by atoms with Gasteiger partial charge in [-0.05, 0) is 43.2 Å². The first-order valence-electron chi connectivity index (χ1n) is 11.5. The van der Waals surface area contributed by atoms with Crippen molar-refractivity contribution in [2.45, 2.75) is 44.4 Å². The molecule has 4 aromatic rings. The van der Waals surface area contributed by atoms with Gasteiger partial charge in [0.2, 0.25) is 10.0 Å². The first-order chi connectivity index (χ1) is 16.4. The monoisotopic (exact) mass is 496 g/mol. The molecular weight excluding hydrogens is 468 g/mol. The highest BCUT2D eigenvalue weighted by Gasteiger charge is 2.24. The SMILES string of the molecule is CCCCN(CCCC)S(=O)(=O)c1ccc2nc(NC(=O)c3ccc4ccccc4n3)sc2c1. The topological polar surface area (TPSA) is 92.3 Å². The van der Waals surface area contributed by atoms with Crippen molar-refractivity contribution in [2.24, 2.45) is 0 Å². The number of sulfonamides is 1. The van der Waals surface area contributed by atoms with Gasteiger partial charge in [-0.15, -0.1) is 0 Å². The zero-order valence-corrected chi connectivity index (χ0v) is 21.0. The number of para-hydroxylation sites is 1. The molecular formula is C25H28N4O3S2. The lowest BCUT2D eigenvalue weighted by Crippen LogP contribution is -2.33. The van der Waals surface area contributed by atoms with Crippen molar-refractivity contribution in [3.05, 3.63) is 60.3 Å². The van der Waals surface area contributed by atoms with Gasteiger partial charge in [-0.25, -0.2) is 18.4 Å². The average Bonchev–Trinajstić information content (AvgIpc) is 3.25. The van der Waals surface area contributed by atoms with E-state index in [1.165, 1.54) is 11.3 Å². The lowest BCUT2D eigenvalue weighted by molar-refractivity contribution is 0.102.